The van der Waals surface area contributed by atoms with Gasteiger partial charge in [0, 0.05) is 5.02 Å². The minimum Gasteiger partial charge on any atom is -0.495 e. The van der Waals surface area contributed by atoms with Gasteiger partial charge in [0.15, 0.2) is 0 Å². The summed E-state index contributed by atoms with van der Waals surface area (Å²) in [6.45, 7) is 1.93. The maximum Gasteiger partial charge on any atom is 0.240 e. The number of nitrogens with zero attached hydrogens (tertiary/aromatic N) is 1. The van der Waals surface area contributed by atoms with Gasteiger partial charge in [0.1, 0.15) is 24.7 Å². The van der Waals surface area contributed by atoms with Crippen LogP contribution in [0.1, 0.15) is 5.56 Å². The van der Waals surface area contributed by atoms with Crippen molar-refractivity contribution in [1.29, 1.82) is 0 Å². The summed E-state index contributed by atoms with van der Waals surface area (Å²) in [5, 5.41) is 3.26. The first-order valence-electron chi connectivity index (χ1n) is 8.48. The standard InChI is InChI=1S/C19H23ClN2O5S/c1-14-4-9-18(26-2)17(12-14)22(28(3,24)25)13-19(23)21-10-11-27-16-7-5-15(20)6-8-16/h4-9,12H,10-11,13H2,1-3H3,(H,21,23). The first-order chi connectivity index (χ1) is 13.2. The Balaban J connectivity index is 1.98. The van der Waals surface area contributed by atoms with Gasteiger partial charge in [0.05, 0.1) is 25.6 Å². The van der Waals surface area contributed by atoms with Crippen LogP contribution in [0.5, 0.6) is 11.5 Å². The number of hydrogen-bond acceptors (Lipinski definition) is 5. The molecule has 0 unspecified atom stereocenters. The van der Waals surface area contributed by atoms with Gasteiger partial charge in [-0.2, -0.15) is 0 Å². The quantitative estimate of drug-likeness (QED) is 0.623. The molecule has 0 heterocycles. The number of carbonyl (C=O) groups is 1. The van der Waals surface area contributed by atoms with Crippen molar-refractivity contribution in [3.05, 3.63) is 53.1 Å². The molecule has 0 aliphatic rings. The average Bonchev–Trinajstić information content (AvgIpc) is 2.64. The summed E-state index contributed by atoms with van der Waals surface area (Å²) in [7, 11) is -2.24. The molecule has 1 amide bonds. The molecule has 0 atom stereocenters. The summed E-state index contributed by atoms with van der Waals surface area (Å²) in [4.78, 5) is 12.3. The molecule has 0 aliphatic heterocycles. The highest BCUT2D eigenvalue weighted by Crippen LogP contribution is 2.30. The minimum absolute atomic E-state index is 0.226. The van der Waals surface area contributed by atoms with Gasteiger partial charge in [-0.1, -0.05) is 17.7 Å². The maximum atomic E-state index is 12.3. The molecule has 2 aromatic carbocycles. The molecule has 0 bridgehead atoms. The third kappa shape index (κ3) is 6.31. The van der Waals surface area contributed by atoms with Crippen molar-refractivity contribution >= 4 is 33.2 Å². The zero-order valence-electron chi connectivity index (χ0n) is 15.9. The first-order valence-corrected chi connectivity index (χ1v) is 10.7. The lowest BCUT2D eigenvalue weighted by Crippen LogP contribution is -2.41. The van der Waals surface area contributed by atoms with Crippen LogP contribution in [0, 0.1) is 6.92 Å². The maximum absolute atomic E-state index is 12.3. The molecule has 2 aromatic rings. The molecular weight excluding hydrogens is 404 g/mol. The van der Waals surface area contributed by atoms with E-state index < -0.39 is 15.9 Å². The van der Waals surface area contributed by atoms with E-state index in [1.807, 2.05) is 6.92 Å². The lowest BCUT2D eigenvalue weighted by Gasteiger charge is -2.24. The summed E-state index contributed by atoms with van der Waals surface area (Å²) >= 11 is 5.81. The Hall–Kier alpha value is -2.45. The number of halogens is 1. The van der Waals surface area contributed by atoms with Crippen molar-refractivity contribution in [2.24, 2.45) is 0 Å². The zero-order valence-corrected chi connectivity index (χ0v) is 17.5. The van der Waals surface area contributed by atoms with Crippen molar-refractivity contribution in [2.75, 3.05) is 37.4 Å². The number of benzene rings is 2. The van der Waals surface area contributed by atoms with Crippen molar-refractivity contribution in [1.82, 2.24) is 5.32 Å². The summed E-state index contributed by atoms with van der Waals surface area (Å²) in [6, 6.07) is 12.0. The van der Waals surface area contributed by atoms with E-state index in [4.69, 9.17) is 21.1 Å². The van der Waals surface area contributed by atoms with Crippen LogP contribution < -0.4 is 19.1 Å². The van der Waals surface area contributed by atoms with Crippen LogP contribution in [0.25, 0.3) is 0 Å². The normalized spacial score (nSPS) is 11.0. The lowest BCUT2D eigenvalue weighted by atomic mass is 10.2. The summed E-state index contributed by atoms with van der Waals surface area (Å²) in [5.41, 5.74) is 1.17. The Bertz CT molecular complexity index is 916. The van der Waals surface area contributed by atoms with Gasteiger partial charge in [-0.25, -0.2) is 8.42 Å². The average molecular weight is 427 g/mol. The van der Waals surface area contributed by atoms with E-state index in [0.717, 1.165) is 16.1 Å². The Morgan fingerprint density at radius 3 is 2.46 bits per heavy atom. The summed E-state index contributed by atoms with van der Waals surface area (Å²) in [6.07, 6.45) is 1.05. The Labute approximate surface area is 170 Å². The van der Waals surface area contributed by atoms with Crippen LogP contribution in [-0.4, -0.2) is 47.4 Å². The predicted molar refractivity (Wildman–Crippen MR) is 110 cm³/mol. The molecule has 2 rings (SSSR count). The first kappa shape index (κ1) is 21.8. The van der Waals surface area contributed by atoms with Gasteiger partial charge in [0.25, 0.3) is 0 Å². The van der Waals surface area contributed by atoms with Crippen molar-refractivity contribution in [3.8, 4) is 11.5 Å². The second-order valence-corrected chi connectivity index (χ2v) is 8.44. The number of aryl methyl sites for hydroxylation is 1. The molecule has 1 N–H and O–H groups in total. The van der Waals surface area contributed by atoms with E-state index in [-0.39, 0.29) is 19.7 Å². The van der Waals surface area contributed by atoms with E-state index in [1.54, 1.807) is 42.5 Å². The molecule has 0 spiro atoms. The second-order valence-electron chi connectivity index (χ2n) is 6.10. The van der Waals surface area contributed by atoms with Gasteiger partial charge in [-0.3, -0.25) is 9.10 Å². The molecule has 0 aliphatic carbocycles. The molecule has 0 aromatic heterocycles. The number of sulfonamides is 1. The predicted octanol–water partition coefficient (Wildman–Crippen LogP) is 2.62. The largest absolute Gasteiger partial charge is 0.495 e. The highest BCUT2D eigenvalue weighted by Gasteiger charge is 2.24. The molecule has 0 fully saturated rings. The number of nitrogens with one attached hydrogen (secondary N) is 1. The van der Waals surface area contributed by atoms with Crippen LogP contribution in [-0.2, 0) is 14.8 Å². The minimum atomic E-state index is -3.69. The summed E-state index contributed by atoms with van der Waals surface area (Å²) < 4.78 is 36.3. The molecule has 152 valence electrons. The van der Waals surface area contributed by atoms with E-state index in [1.165, 1.54) is 7.11 Å². The molecular formula is C19H23ClN2O5S. The van der Waals surface area contributed by atoms with Crippen LogP contribution in [0.3, 0.4) is 0 Å². The number of anilines is 1. The van der Waals surface area contributed by atoms with E-state index in [0.29, 0.717) is 22.2 Å². The number of amides is 1. The SMILES string of the molecule is COc1ccc(C)cc1N(CC(=O)NCCOc1ccc(Cl)cc1)S(C)(=O)=O. The lowest BCUT2D eigenvalue weighted by molar-refractivity contribution is -0.119. The van der Waals surface area contributed by atoms with Gasteiger partial charge >= 0.3 is 0 Å². The van der Waals surface area contributed by atoms with E-state index in [9.17, 15) is 13.2 Å². The number of hydrogen-bond donors (Lipinski definition) is 1. The topological polar surface area (TPSA) is 84.9 Å². The fourth-order valence-electron chi connectivity index (χ4n) is 2.45. The number of carbonyl (C=O) groups excluding carboxylic acids is 1. The number of rotatable bonds is 9. The fraction of sp³-hybridized carbons (Fsp3) is 0.316. The van der Waals surface area contributed by atoms with Crippen LogP contribution >= 0.6 is 11.6 Å². The Morgan fingerprint density at radius 2 is 1.86 bits per heavy atom. The fourth-order valence-corrected chi connectivity index (χ4v) is 3.43. The van der Waals surface area contributed by atoms with Gasteiger partial charge in [-0.15, -0.1) is 0 Å². The van der Waals surface area contributed by atoms with Crippen LogP contribution in [0.4, 0.5) is 5.69 Å². The van der Waals surface area contributed by atoms with Crippen molar-refractivity contribution < 1.29 is 22.7 Å². The summed E-state index contributed by atoms with van der Waals surface area (Å²) in [5.74, 6) is 0.546. The smallest absolute Gasteiger partial charge is 0.240 e. The molecule has 0 radical (unpaired) electrons. The Kier molecular flexibility index (Phi) is 7.53. The highest BCUT2D eigenvalue weighted by molar-refractivity contribution is 7.92. The second kappa shape index (κ2) is 9.66. The van der Waals surface area contributed by atoms with Crippen molar-refractivity contribution in [2.45, 2.75) is 6.92 Å². The Morgan fingerprint density at radius 1 is 1.18 bits per heavy atom. The molecule has 9 heteroatoms. The van der Waals surface area contributed by atoms with E-state index >= 15 is 0 Å². The monoisotopic (exact) mass is 426 g/mol. The zero-order chi connectivity index (χ0) is 20.7. The third-order valence-electron chi connectivity index (χ3n) is 3.80. The van der Waals surface area contributed by atoms with Gasteiger partial charge in [-0.05, 0) is 48.9 Å². The van der Waals surface area contributed by atoms with Gasteiger partial charge < -0.3 is 14.8 Å². The molecule has 7 nitrogen and oxygen atoms in total. The number of ether oxygens (including phenoxy) is 2. The number of methoxy groups -OCH3 is 1. The van der Waals surface area contributed by atoms with Crippen LogP contribution in [0.15, 0.2) is 42.5 Å². The molecule has 0 saturated carbocycles. The van der Waals surface area contributed by atoms with Crippen LogP contribution in [0.2, 0.25) is 5.02 Å². The van der Waals surface area contributed by atoms with Gasteiger partial charge in [0.2, 0.25) is 15.9 Å². The third-order valence-corrected chi connectivity index (χ3v) is 5.18. The highest BCUT2D eigenvalue weighted by atomic mass is 35.5. The molecule has 0 saturated heterocycles. The van der Waals surface area contributed by atoms with E-state index in [2.05, 4.69) is 5.32 Å². The van der Waals surface area contributed by atoms with Crippen molar-refractivity contribution in [3.63, 3.8) is 0 Å². The molecule has 28 heavy (non-hydrogen) atoms.